The first-order valence-electron chi connectivity index (χ1n) is 6.55. The summed E-state index contributed by atoms with van der Waals surface area (Å²) in [5, 5.41) is 2.53. The van der Waals surface area contributed by atoms with Gasteiger partial charge >= 0.3 is 0 Å². The molecular weight excluding hydrogens is 261 g/mol. The topological polar surface area (TPSA) is 67.6 Å². The molecule has 0 unspecified atom stereocenters. The number of carbonyl (C=O) groups excluding carboxylic acids is 1. The van der Waals surface area contributed by atoms with E-state index in [2.05, 4.69) is 10.2 Å². The summed E-state index contributed by atoms with van der Waals surface area (Å²) in [6, 6.07) is 4.11. The van der Waals surface area contributed by atoms with Gasteiger partial charge in [-0.2, -0.15) is 0 Å². The van der Waals surface area contributed by atoms with Crippen molar-refractivity contribution in [1.29, 1.82) is 0 Å². The van der Waals surface area contributed by atoms with Gasteiger partial charge in [0.15, 0.2) is 0 Å². The monoisotopic (exact) mass is 283 g/mol. The van der Waals surface area contributed by atoms with Crippen molar-refractivity contribution in [3.8, 4) is 0 Å². The molecule has 0 aliphatic carbocycles. The van der Waals surface area contributed by atoms with Crippen molar-refractivity contribution < 1.29 is 13.9 Å². The van der Waals surface area contributed by atoms with E-state index in [9.17, 15) is 9.18 Å². The lowest BCUT2D eigenvalue weighted by molar-refractivity contribution is -0.116. The van der Waals surface area contributed by atoms with Gasteiger partial charge in [0.1, 0.15) is 5.82 Å². The molecule has 0 heterocycles. The average molecular weight is 283 g/mol. The van der Waals surface area contributed by atoms with E-state index in [-0.39, 0.29) is 11.6 Å². The number of amides is 1. The van der Waals surface area contributed by atoms with Gasteiger partial charge < -0.3 is 20.7 Å². The predicted octanol–water partition coefficient (Wildman–Crippen LogP) is 1.70. The number of ether oxygens (including phenoxy) is 1. The molecule has 0 aromatic heterocycles. The summed E-state index contributed by atoms with van der Waals surface area (Å²) in [6.07, 6.45) is 1.04. The molecule has 0 saturated carbocycles. The van der Waals surface area contributed by atoms with Crippen LogP contribution in [0.5, 0.6) is 0 Å². The van der Waals surface area contributed by atoms with Crippen LogP contribution < -0.4 is 11.1 Å². The van der Waals surface area contributed by atoms with E-state index in [0.717, 1.165) is 13.1 Å². The Morgan fingerprint density at radius 1 is 1.45 bits per heavy atom. The average Bonchev–Trinajstić information content (AvgIpc) is 2.40. The number of nitrogens with two attached hydrogens (primary N) is 1. The van der Waals surface area contributed by atoms with E-state index in [0.29, 0.717) is 25.1 Å². The highest BCUT2D eigenvalue weighted by Crippen LogP contribution is 2.17. The van der Waals surface area contributed by atoms with Crippen molar-refractivity contribution in [1.82, 2.24) is 4.90 Å². The Kier molecular flexibility index (Phi) is 6.97. The molecule has 6 heteroatoms. The Morgan fingerprint density at radius 3 is 2.90 bits per heavy atom. The largest absolute Gasteiger partial charge is 0.399 e. The Balaban J connectivity index is 2.31. The highest BCUT2D eigenvalue weighted by atomic mass is 19.1. The van der Waals surface area contributed by atoms with E-state index in [1.807, 2.05) is 7.05 Å². The third kappa shape index (κ3) is 5.99. The first-order valence-corrected chi connectivity index (χ1v) is 6.55. The van der Waals surface area contributed by atoms with E-state index in [4.69, 9.17) is 10.5 Å². The molecule has 1 aromatic carbocycles. The van der Waals surface area contributed by atoms with Crippen molar-refractivity contribution in [2.75, 3.05) is 44.9 Å². The van der Waals surface area contributed by atoms with Gasteiger partial charge in [0.05, 0.1) is 12.3 Å². The Hall–Kier alpha value is -1.66. The number of nitrogens with zero attached hydrogens (tertiary/aromatic N) is 1. The number of hydrogen-bond donors (Lipinski definition) is 2. The van der Waals surface area contributed by atoms with Crippen LogP contribution in [-0.4, -0.2) is 44.7 Å². The quantitative estimate of drug-likeness (QED) is 0.713. The number of anilines is 2. The predicted molar refractivity (Wildman–Crippen MR) is 78.0 cm³/mol. The molecule has 5 nitrogen and oxygen atoms in total. The number of rotatable bonds is 8. The van der Waals surface area contributed by atoms with Crippen molar-refractivity contribution in [3.63, 3.8) is 0 Å². The molecular formula is C14H22FN3O2. The smallest absolute Gasteiger partial charge is 0.224 e. The molecule has 0 fully saturated rings. The minimum atomic E-state index is -0.482. The molecule has 1 amide bonds. The van der Waals surface area contributed by atoms with Gasteiger partial charge in [-0.1, -0.05) is 0 Å². The molecule has 1 aromatic rings. The zero-order valence-corrected chi connectivity index (χ0v) is 12.0. The minimum absolute atomic E-state index is 0.128. The summed E-state index contributed by atoms with van der Waals surface area (Å²) in [5.41, 5.74) is 6.10. The van der Waals surface area contributed by atoms with E-state index in [1.54, 1.807) is 7.11 Å². The van der Waals surface area contributed by atoms with Crippen molar-refractivity contribution in [2.24, 2.45) is 0 Å². The summed E-state index contributed by atoms with van der Waals surface area (Å²) in [6.45, 7) is 2.27. The summed E-state index contributed by atoms with van der Waals surface area (Å²) in [4.78, 5) is 13.8. The molecule has 0 saturated heterocycles. The van der Waals surface area contributed by atoms with Crippen LogP contribution in [0.4, 0.5) is 15.8 Å². The van der Waals surface area contributed by atoms with Gasteiger partial charge in [-0.15, -0.1) is 0 Å². The highest BCUT2D eigenvalue weighted by molar-refractivity contribution is 5.91. The normalized spacial score (nSPS) is 10.8. The van der Waals surface area contributed by atoms with Crippen LogP contribution in [0.2, 0.25) is 0 Å². The number of hydrogen-bond acceptors (Lipinski definition) is 4. The lowest BCUT2D eigenvalue weighted by Gasteiger charge is -2.15. The number of carbonyl (C=O) groups is 1. The summed E-state index contributed by atoms with van der Waals surface area (Å²) in [5.74, 6) is -0.695. The first-order chi connectivity index (χ1) is 9.52. The molecule has 1 rings (SSSR count). The number of methoxy groups -OCH3 is 1. The molecule has 20 heavy (non-hydrogen) atoms. The van der Waals surface area contributed by atoms with Gasteiger partial charge in [0, 0.05) is 25.8 Å². The molecule has 0 radical (unpaired) electrons. The van der Waals surface area contributed by atoms with E-state index in [1.165, 1.54) is 18.2 Å². The van der Waals surface area contributed by atoms with Crippen LogP contribution in [0.3, 0.4) is 0 Å². The second-order valence-corrected chi connectivity index (χ2v) is 4.69. The third-order valence-electron chi connectivity index (χ3n) is 2.89. The SMILES string of the molecule is COCCN(C)CCCC(=O)Nc1cc(N)ccc1F. The van der Waals surface area contributed by atoms with Gasteiger partial charge in [-0.05, 0) is 38.2 Å². The molecule has 0 aliphatic rings. The Morgan fingerprint density at radius 2 is 2.20 bits per heavy atom. The van der Waals surface area contributed by atoms with Crippen LogP contribution in [0, 0.1) is 5.82 Å². The maximum atomic E-state index is 13.4. The number of halogens is 1. The summed E-state index contributed by atoms with van der Waals surface area (Å²) >= 11 is 0. The molecule has 112 valence electrons. The van der Waals surface area contributed by atoms with E-state index >= 15 is 0 Å². The first kappa shape index (κ1) is 16.4. The van der Waals surface area contributed by atoms with Crippen molar-refractivity contribution >= 4 is 17.3 Å². The molecule has 0 bridgehead atoms. The molecule has 0 atom stereocenters. The van der Waals surface area contributed by atoms with Gasteiger partial charge in [-0.25, -0.2) is 4.39 Å². The van der Waals surface area contributed by atoms with Gasteiger partial charge in [-0.3, -0.25) is 4.79 Å². The third-order valence-corrected chi connectivity index (χ3v) is 2.89. The fourth-order valence-corrected chi connectivity index (χ4v) is 1.72. The van der Waals surface area contributed by atoms with Crippen molar-refractivity contribution in [2.45, 2.75) is 12.8 Å². The Bertz CT molecular complexity index is 440. The van der Waals surface area contributed by atoms with Gasteiger partial charge in [0.2, 0.25) is 5.91 Å². The number of nitrogens with one attached hydrogen (secondary N) is 1. The zero-order valence-electron chi connectivity index (χ0n) is 12.0. The van der Waals surface area contributed by atoms with Gasteiger partial charge in [0.25, 0.3) is 0 Å². The highest BCUT2D eigenvalue weighted by Gasteiger charge is 2.08. The second-order valence-electron chi connectivity index (χ2n) is 4.69. The summed E-state index contributed by atoms with van der Waals surface area (Å²) in [7, 11) is 3.62. The fourth-order valence-electron chi connectivity index (χ4n) is 1.72. The minimum Gasteiger partial charge on any atom is -0.399 e. The second kappa shape index (κ2) is 8.50. The molecule has 0 aliphatic heterocycles. The van der Waals surface area contributed by atoms with Crippen LogP contribution in [0.1, 0.15) is 12.8 Å². The summed E-state index contributed by atoms with van der Waals surface area (Å²) < 4.78 is 18.4. The maximum Gasteiger partial charge on any atom is 0.224 e. The zero-order chi connectivity index (χ0) is 15.0. The van der Waals surface area contributed by atoms with Crippen LogP contribution in [0.25, 0.3) is 0 Å². The van der Waals surface area contributed by atoms with Crippen LogP contribution in [-0.2, 0) is 9.53 Å². The van der Waals surface area contributed by atoms with Crippen molar-refractivity contribution in [3.05, 3.63) is 24.0 Å². The number of benzene rings is 1. The maximum absolute atomic E-state index is 13.4. The van der Waals surface area contributed by atoms with Crippen LogP contribution >= 0.6 is 0 Å². The molecule has 0 spiro atoms. The molecule has 3 N–H and O–H groups in total. The van der Waals surface area contributed by atoms with E-state index < -0.39 is 5.82 Å². The van der Waals surface area contributed by atoms with Crippen LogP contribution in [0.15, 0.2) is 18.2 Å². The number of nitrogen functional groups attached to an aromatic ring is 1. The lowest BCUT2D eigenvalue weighted by Crippen LogP contribution is -2.25. The Labute approximate surface area is 118 Å². The lowest BCUT2D eigenvalue weighted by atomic mass is 10.2. The number of likely N-dealkylation sites (N-methyl/N-ethyl adjacent to an activating group) is 1. The standard InChI is InChI=1S/C14H22FN3O2/c1-18(8-9-20-2)7-3-4-14(19)17-13-10-11(16)5-6-12(13)15/h5-6,10H,3-4,7-9,16H2,1-2H3,(H,17,19). The fraction of sp³-hybridized carbons (Fsp3) is 0.500.